The number of hydrogen-bond acceptors (Lipinski definition) is 4. The molecule has 1 aromatic heterocycles. The summed E-state index contributed by atoms with van der Waals surface area (Å²) in [6.45, 7) is 3.02. The van der Waals surface area contributed by atoms with Gasteiger partial charge in [0.05, 0.1) is 11.1 Å². The fraction of sp³-hybridized carbons (Fsp3) is 0.435. The molecule has 0 saturated carbocycles. The Hall–Kier alpha value is -2.89. The van der Waals surface area contributed by atoms with Gasteiger partial charge in [0.25, 0.3) is 5.91 Å². The molecule has 0 atom stereocenters. The number of ketones is 1. The minimum Gasteiger partial charge on any atom is -0.478 e. The van der Waals surface area contributed by atoms with Crippen LogP contribution in [0.15, 0.2) is 28.7 Å². The molecule has 2 aliphatic rings. The molecule has 1 amide bonds. The highest BCUT2D eigenvalue weighted by Gasteiger charge is 2.32. The van der Waals surface area contributed by atoms with Crippen molar-refractivity contribution in [1.29, 1.82) is 0 Å². The fourth-order valence-electron chi connectivity index (χ4n) is 4.55. The van der Waals surface area contributed by atoms with Gasteiger partial charge in [0, 0.05) is 31.5 Å². The number of furan rings is 1. The van der Waals surface area contributed by atoms with Crippen LogP contribution in [0.4, 0.5) is 0 Å². The Bertz CT molecular complexity index is 966. The average Bonchev–Trinajstić information content (AvgIpc) is 3.06. The van der Waals surface area contributed by atoms with E-state index in [2.05, 4.69) is 0 Å². The number of Topliss-reactive ketones (excluding diaryl/α,β-unsaturated/α-hetero) is 1. The van der Waals surface area contributed by atoms with Gasteiger partial charge < -0.3 is 14.4 Å². The summed E-state index contributed by atoms with van der Waals surface area (Å²) in [4.78, 5) is 38.4. The van der Waals surface area contributed by atoms with Gasteiger partial charge in [-0.2, -0.15) is 0 Å². The molecule has 1 saturated heterocycles. The van der Waals surface area contributed by atoms with Crippen molar-refractivity contribution < 1.29 is 23.9 Å². The molecule has 1 N–H and O–H groups in total. The molecule has 29 heavy (non-hydrogen) atoms. The van der Waals surface area contributed by atoms with Crippen LogP contribution in [-0.4, -0.2) is 40.8 Å². The minimum atomic E-state index is -0.903. The van der Waals surface area contributed by atoms with Crippen LogP contribution in [0.5, 0.6) is 0 Å². The lowest BCUT2D eigenvalue weighted by atomic mass is 9.88. The van der Waals surface area contributed by atoms with Crippen LogP contribution in [-0.2, 0) is 12.8 Å². The standard InChI is InChI=1S/C23H25NO5/c1-14-20-18(25)7-4-8-19(20)29-21(14)22(26)24-11-9-15(10-12-24)13-16-5-2-3-6-17(16)23(27)28/h2-3,5-6,15H,4,7-13H2,1H3,(H,27,28). The lowest BCUT2D eigenvalue weighted by Crippen LogP contribution is -2.39. The first-order valence-electron chi connectivity index (χ1n) is 10.2. The average molecular weight is 395 g/mol. The second kappa shape index (κ2) is 7.85. The van der Waals surface area contributed by atoms with E-state index in [-0.39, 0.29) is 11.7 Å². The number of likely N-dealkylation sites (tertiary alicyclic amines) is 1. The van der Waals surface area contributed by atoms with Crippen LogP contribution in [0.25, 0.3) is 0 Å². The highest BCUT2D eigenvalue weighted by molar-refractivity contribution is 6.03. The Morgan fingerprint density at radius 3 is 2.59 bits per heavy atom. The Kier molecular flexibility index (Phi) is 5.26. The van der Waals surface area contributed by atoms with Gasteiger partial charge in [0.15, 0.2) is 11.5 Å². The number of carboxylic acids is 1. The number of hydrogen-bond donors (Lipinski definition) is 1. The van der Waals surface area contributed by atoms with Crippen molar-refractivity contribution in [1.82, 2.24) is 4.90 Å². The number of carbonyl (C=O) groups excluding carboxylic acids is 2. The zero-order valence-electron chi connectivity index (χ0n) is 16.6. The summed E-state index contributed by atoms with van der Waals surface area (Å²) in [6.07, 6.45) is 4.34. The molecule has 4 rings (SSSR count). The fourth-order valence-corrected chi connectivity index (χ4v) is 4.55. The molecule has 1 fully saturated rings. The molecule has 2 heterocycles. The molecule has 6 nitrogen and oxygen atoms in total. The third-order valence-electron chi connectivity index (χ3n) is 6.16. The van der Waals surface area contributed by atoms with Crippen LogP contribution in [0.2, 0.25) is 0 Å². The third-order valence-corrected chi connectivity index (χ3v) is 6.16. The first-order valence-corrected chi connectivity index (χ1v) is 10.2. The molecule has 2 aromatic rings. The molecule has 0 bridgehead atoms. The van der Waals surface area contributed by atoms with Crippen molar-refractivity contribution in [3.8, 4) is 0 Å². The monoisotopic (exact) mass is 395 g/mol. The van der Waals surface area contributed by atoms with Crippen molar-refractivity contribution >= 4 is 17.7 Å². The molecule has 152 valence electrons. The number of piperidine rings is 1. The van der Waals surface area contributed by atoms with Crippen LogP contribution in [0.3, 0.4) is 0 Å². The summed E-state index contributed by atoms with van der Waals surface area (Å²) >= 11 is 0. The summed E-state index contributed by atoms with van der Waals surface area (Å²) in [5, 5.41) is 9.36. The van der Waals surface area contributed by atoms with Crippen molar-refractivity contribution in [3.05, 3.63) is 58.0 Å². The first-order chi connectivity index (χ1) is 14.0. The second-order valence-electron chi connectivity index (χ2n) is 8.03. The molecule has 1 aromatic carbocycles. The molecule has 6 heteroatoms. The van der Waals surface area contributed by atoms with Gasteiger partial charge in [0.1, 0.15) is 5.76 Å². The lowest BCUT2D eigenvalue weighted by Gasteiger charge is -2.32. The number of fused-ring (bicyclic) bond motifs is 1. The Morgan fingerprint density at radius 1 is 1.17 bits per heavy atom. The molecule has 0 radical (unpaired) electrons. The molecule has 1 aliphatic carbocycles. The lowest BCUT2D eigenvalue weighted by molar-refractivity contribution is 0.0655. The topological polar surface area (TPSA) is 87.8 Å². The van der Waals surface area contributed by atoms with Gasteiger partial charge in [-0.3, -0.25) is 9.59 Å². The van der Waals surface area contributed by atoms with E-state index in [1.807, 2.05) is 12.1 Å². The summed E-state index contributed by atoms with van der Waals surface area (Å²) in [5.74, 6) is 0.325. The zero-order valence-corrected chi connectivity index (χ0v) is 16.6. The van der Waals surface area contributed by atoms with E-state index in [0.29, 0.717) is 66.5 Å². The van der Waals surface area contributed by atoms with Gasteiger partial charge in [-0.25, -0.2) is 4.79 Å². The van der Waals surface area contributed by atoms with Crippen molar-refractivity contribution in [2.24, 2.45) is 5.92 Å². The van der Waals surface area contributed by atoms with Gasteiger partial charge in [-0.1, -0.05) is 18.2 Å². The molecule has 1 aliphatic heterocycles. The maximum atomic E-state index is 13.0. The van der Waals surface area contributed by atoms with Gasteiger partial charge in [-0.15, -0.1) is 0 Å². The van der Waals surface area contributed by atoms with Crippen molar-refractivity contribution in [2.75, 3.05) is 13.1 Å². The first kappa shape index (κ1) is 19.4. The van der Waals surface area contributed by atoms with Crippen LogP contribution in [0, 0.1) is 12.8 Å². The summed E-state index contributed by atoms with van der Waals surface area (Å²) in [5.41, 5.74) is 2.48. The normalized spacial score (nSPS) is 17.3. The number of carboxylic acid groups (broad SMARTS) is 1. The van der Waals surface area contributed by atoms with Gasteiger partial charge >= 0.3 is 5.97 Å². The number of nitrogens with zero attached hydrogens (tertiary/aromatic N) is 1. The Morgan fingerprint density at radius 2 is 1.90 bits per heavy atom. The number of carbonyl (C=O) groups is 3. The van der Waals surface area contributed by atoms with Gasteiger partial charge in [-0.05, 0) is 50.2 Å². The highest BCUT2D eigenvalue weighted by atomic mass is 16.4. The smallest absolute Gasteiger partial charge is 0.335 e. The largest absolute Gasteiger partial charge is 0.478 e. The van der Waals surface area contributed by atoms with E-state index in [1.54, 1.807) is 24.0 Å². The van der Waals surface area contributed by atoms with Crippen LogP contribution in [0.1, 0.15) is 73.8 Å². The summed E-state index contributed by atoms with van der Waals surface area (Å²) in [6, 6.07) is 7.11. The maximum absolute atomic E-state index is 13.0. The molecule has 0 spiro atoms. The second-order valence-corrected chi connectivity index (χ2v) is 8.03. The Balaban J connectivity index is 1.42. The van der Waals surface area contributed by atoms with Crippen molar-refractivity contribution in [2.45, 2.75) is 45.4 Å². The Labute approximate surface area is 169 Å². The number of amides is 1. The van der Waals surface area contributed by atoms with E-state index in [9.17, 15) is 19.5 Å². The summed E-state index contributed by atoms with van der Waals surface area (Å²) in [7, 11) is 0. The quantitative estimate of drug-likeness (QED) is 0.848. The maximum Gasteiger partial charge on any atom is 0.335 e. The van der Waals surface area contributed by atoms with E-state index in [4.69, 9.17) is 4.42 Å². The molecule has 0 unspecified atom stereocenters. The SMILES string of the molecule is Cc1c(C(=O)N2CCC(Cc3ccccc3C(=O)O)CC2)oc2c1C(=O)CCC2. The van der Waals surface area contributed by atoms with Crippen LogP contribution < -0.4 is 0 Å². The number of aryl methyl sites for hydroxylation is 1. The zero-order chi connectivity index (χ0) is 20.5. The number of aromatic carboxylic acids is 1. The molecular formula is C23H25NO5. The van der Waals surface area contributed by atoms with Gasteiger partial charge in [0.2, 0.25) is 0 Å². The molecular weight excluding hydrogens is 370 g/mol. The summed E-state index contributed by atoms with van der Waals surface area (Å²) < 4.78 is 5.81. The van der Waals surface area contributed by atoms with E-state index >= 15 is 0 Å². The predicted molar refractivity (Wildman–Crippen MR) is 106 cm³/mol. The van der Waals surface area contributed by atoms with E-state index < -0.39 is 5.97 Å². The predicted octanol–water partition coefficient (Wildman–Crippen LogP) is 3.90. The minimum absolute atomic E-state index is 0.0716. The van der Waals surface area contributed by atoms with E-state index in [0.717, 1.165) is 24.8 Å². The number of benzene rings is 1. The highest BCUT2D eigenvalue weighted by Crippen LogP contribution is 2.31. The van der Waals surface area contributed by atoms with Crippen molar-refractivity contribution in [3.63, 3.8) is 0 Å². The third kappa shape index (κ3) is 3.71. The van der Waals surface area contributed by atoms with Crippen LogP contribution >= 0.6 is 0 Å². The number of rotatable bonds is 4. The van der Waals surface area contributed by atoms with E-state index in [1.165, 1.54) is 0 Å².